The molecule has 0 amide bonds. The minimum absolute atomic E-state index is 0.0671. The first-order chi connectivity index (χ1) is 11.6. The summed E-state index contributed by atoms with van der Waals surface area (Å²) in [5, 5.41) is 15.4. The maximum Gasteiger partial charge on any atom is 0.261 e. The van der Waals surface area contributed by atoms with Crippen molar-refractivity contribution in [2.75, 3.05) is 10.6 Å². The highest BCUT2D eigenvalue weighted by atomic mass is 35.5. The van der Waals surface area contributed by atoms with Gasteiger partial charge in [-0.3, -0.25) is 10.2 Å². The van der Waals surface area contributed by atoms with Crippen molar-refractivity contribution < 1.29 is 0 Å². The second-order valence-corrected chi connectivity index (χ2v) is 6.52. The first kappa shape index (κ1) is 16.6. The summed E-state index contributed by atoms with van der Waals surface area (Å²) in [6.45, 7) is 0. The average Bonchev–Trinajstić information content (AvgIpc) is 2.58. The molecule has 1 aromatic carbocycles. The lowest BCUT2D eigenvalue weighted by Gasteiger charge is -2.25. The van der Waals surface area contributed by atoms with E-state index in [4.69, 9.17) is 17.0 Å². The van der Waals surface area contributed by atoms with Gasteiger partial charge >= 0.3 is 0 Å². The molecule has 0 bridgehead atoms. The Hall–Kier alpha value is -2.27. The summed E-state index contributed by atoms with van der Waals surface area (Å²) >= 11 is 5.88. The molecule has 4 N–H and O–H groups in total. The third-order valence-corrected chi connectivity index (χ3v) is 4.54. The molecule has 0 saturated heterocycles. The molecule has 126 valence electrons. The minimum Gasteiger partial charge on any atom is -0.382 e. The second kappa shape index (κ2) is 7.53. The maximum atomic E-state index is 12.3. The van der Waals surface area contributed by atoms with E-state index in [1.54, 1.807) is 30.5 Å². The Labute approximate surface area is 146 Å². The summed E-state index contributed by atoms with van der Waals surface area (Å²) in [7, 11) is 0. The van der Waals surface area contributed by atoms with Crippen LogP contribution in [-0.4, -0.2) is 16.9 Å². The van der Waals surface area contributed by atoms with Gasteiger partial charge in [-0.1, -0.05) is 30.9 Å². The number of aromatic amines is 1. The number of hydrogen-bond acceptors (Lipinski definition) is 3. The number of nitrogens with one attached hydrogen (secondary N) is 4. The standard InChI is InChI=1S/C18H21ClN4O/c19-12-6-8-14(9-7-12)23-17(20)16-15(10-11-21-18(16)24)22-13-4-2-1-3-5-13/h6-11,13H,1-5H2,(H2,20,23)(H2,21,22,24). The summed E-state index contributed by atoms with van der Waals surface area (Å²) < 4.78 is 0. The van der Waals surface area contributed by atoms with E-state index >= 15 is 0 Å². The molecule has 3 rings (SSSR count). The maximum absolute atomic E-state index is 12.3. The van der Waals surface area contributed by atoms with E-state index in [1.165, 1.54) is 19.3 Å². The first-order valence-electron chi connectivity index (χ1n) is 8.23. The van der Waals surface area contributed by atoms with Crippen molar-refractivity contribution in [2.24, 2.45) is 0 Å². The number of anilines is 2. The quantitative estimate of drug-likeness (QED) is 0.495. The van der Waals surface area contributed by atoms with Crippen LogP contribution in [0.1, 0.15) is 37.7 Å². The van der Waals surface area contributed by atoms with E-state index in [2.05, 4.69) is 15.6 Å². The predicted molar refractivity (Wildman–Crippen MR) is 99.5 cm³/mol. The van der Waals surface area contributed by atoms with Gasteiger partial charge in [0.05, 0.1) is 5.69 Å². The van der Waals surface area contributed by atoms with Crippen molar-refractivity contribution in [3.63, 3.8) is 0 Å². The monoisotopic (exact) mass is 344 g/mol. The van der Waals surface area contributed by atoms with Crippen LogP contribution in [0.5, 0.6) is 0 Å². The van der Waals surface area contributed by atoms with Crippen molar-refractivity contribution in [3.8, 4) is 0 Å². The molecule has 1 aromatic heterocycles. The highest BCUT2D eigenvalue weighted by molar-refractivity contribution is 6.30. The smallest absolute Gasteiger partial charge is 0.261 e. The average molecular weight is 345 g/mol. The van der Waals surface area contributed by atoms with Gasteiger partial charge in [0.25, 0.3) is 5.56 Å². The van der Waals surface area contributed by atoms with Crippen LogP contribution < -0.4 is 16.2 Å². The van der Waals surface area contributed by atoms with Crippen molar-refractivity contribution in [3.05, 3.63) is 57.5 Å². The van der Waals surface area contributed by atoms with Crippen molar-refractivity contribution in [2.45, 2.75) is 38.1 Å². The lowest BCUT2D eigenvalue weighted by Crippen LogP contribution is -2.29. The second-order valence-electron chi connectivity index (χ2n) is 6.08. The van der Waals surface area contributed by atoms with E-state index in [0.717, 1.165) is 18.5 Å². The number of halogens is 1. The molecule has 1 fully saturated rings. The molecule has 0 aliphatic heterocycles. The van der Waals surface area contributed by atoms with Gasteiger partial charge in [0.2, 0.25) is 0 Å². The molecule has 5 nitrogen and oxygen atoms in total. The molecular weight excluding hydrogens is 324 g/mol. The number of benzene rings is 1. The zero-order valence-electron chi connectivity index (χ0n) is 13.4. The molecule has 6 heteroatoms. The molecule has 0 atom stereocenters. The fourth-order valence-electron chi connectivity index (χ4n) is 3.05. The van der Waals surface area contributed by atoms with E-state index in [1.807, 2.05) is 6.07 Å². The van der Waals surface area contributed by atoms with E-state index < -0.39 is 0 Å². The van der Waals surface area contributed by atoms with Crippen LogP contribution in [0.4, 0.5) is 11.4 Å². The molecule has 0 spiro atoms. The van der Waals surface area contributed by atoms with Crippen molar-refractivity contribution in [1.29, 1.82) is 5.41 Å². The Bertz CT molecular complexity index is 763. The van der Waals surface area contributed by atoms with E-state index in [0.29, 0.717) is 22.3 Å². The summed E-state index contributed by atoms with van der Waals surface area (Å²) in [6.07, 6.45) is 7.50. The molecule has 1 heterocycles. The van der Waals surface area contributed by atoms with Gasteiger partial charge in [-0.05, 0) is 43.2 Å². The van der Waals surface area contributed by atoms with Gasteiger partial charge < -0.3 is 15.6 Å². The summed E-state index contributed by atoms with van der Waals surface area (Å²) in [6, 6.07) is 9.23. The predicted octanol–water partition coefficient (Wildman–Crippen LogP) is 4.21. The number of hydrogen-bond donors (Lipinski definition) is 4. The number of aromatic nitrogens is 1. The summed E-state index contributed by atoms with van der Waals surface area (Å²) in [5.41, 5.74) is 1.48. The highest BCUT2D eigenvalue weighted by Crippen LogP contribution is 2.23. The molecule has 0 radical (unpaired) electrons. The third-order valence-electron chi connectivity index (χ3n) is 4.29. The third kappa shape index (κ3) is 3.97. The lowest BCUT2D eigenvalue weighted by molar-refractivity contribution is 0.462. The van der Waals surface area contributed by atoms with Gasteiger partial charge in [0.1, 0.15) is 11.4 Å². The molecule has 1 aliphatic rings. The number of H-pyrrole nitrogens is 1. The number of amidine groups is 1. The van der Waals surface area contributed by atoms with Gasteiger partial charge in [-0.2, -0.15) is 0 Å². The first-order valence-corrected chi connectivity index (χ1v) is 8.61. The van der Waals surface area contributed by atoms with Crippen LogP contribution in [0.15, 0.2) is 41.3 Å². The SMILES string of the molecule is N=C(Nc1ccc(Cl)cc1)c1c(NC2CCCCC2)cc[nH]c1=O. The fourth-order valence-corrected chi connectivity index (χ4v) is 3.18. The number of pyridine rings is 1. The Morgan fingerprint density at radius 3 is 2.54 bits per heavy atom. The molecule has 24 heavy (non-hydrogen) atoms. The molecule has 0 unspecified atom stereocenters. The minimum atomic E-state index is -0.276. The van der Waals surface area contributed by atoms with Gasteiger partial charge in [0.15, 0.2) is 0 Å². The van der Waals surface area contributed by atoms with Crippen LogP contribution in [-0.2, 0) is 0 Å². The fraction of sp³-hybridized carbons (Fsp3) is 0.333. The molecule has 1 saturated carbocycles. The van der Waals surface area contributed by atoms with Crippen molar-refractivity contribution >= 4 is 28.8 Å². The Morgan fingerprint density at radius 1 is 1.12 bits per heavy atom. The highest BCUT2D eigenvalue weighted by Gasteiger charge is 2.18. The van der Waals surface area contributed by atoms with Gasteiger partial charge in [-0.25, -0.2) is 0 Å². The van der Waals surface area contributed by atoms with Crippen LogP contribution in [0, 0.1) is 5.41 Å². The molecular formula is C18H21ClN4O. The zero-order chi connectivity index (χ0) is 16.9. The summed E-state index contributed by atoms with van der Waals surface area (Å²) in [4.78, 5) is 14.9. The zero-order valence-corrected chi connectivity index (χ0v) is 14.1. The molecule has 2 aromatic rings. The van der Waals surface area contributed by atoms with Gasteiger partial charge in [-0.15, -0.1) is 0 Å². The van der Waals surface area contributed by atoms with Crippen LogP contribution in [0.2, 0.25) is 5.02 Å². The Balaban J connectivity index is 1.81. The lowest BCUT2D eigenvalue weighted by atomic mass is 9.95. The van der Waals surface area contributed by atoms with Gasteiger partial charge in [0, 0.05) is 22.9 Å². The van der Waals surface area contributed by atoms with E-state index in [9.17, 15) is 4.79 Å². The normalized spacial score (nSPS) is 15.0. The number of rotatable bonds is 4. The van der Waals surface area contributed by atoms with Crippen LogP contribution in [0.3, 0.4) is 0 Å². The molecule has 1 aliphatic carbocycles. The van der Waals surface area contributed by atoms with Crippen molar-refractivity contribution in [1.82, 2.24) is 4.98 Å². The Kier molecular flexibility index (Phi) is 5.20. The summed E-state index contributed by atoms with van der Waals surface area (Å²) in [5.74, 6) is 0.0671. The van der Waals surface area contributed by atoms with E-state index in [-0.39, 0.29) is 11.4 Å². The largest absolute Gasteiger partial charge is 0.382 e. The van der Waals surface area contributed by atoms with Crippen LogP contribution >= 0.6 is 11.6 Å². The topological polar surface area (TPSA) is 80.8 Å². The van der Waals surface area contributed by atoms with Crippen LogP contribution in [0.25, 0.3) is 0 Å². The Morgan fingerprint density at radius 2 is 1.83 bits per heavy atom.